The maximum atomic E-state index is 13.4. The van der Waals surface area contributed by atoms with Gasteiger partial charge < -0.3 is 44.7 Å². The number of aromatic nitrogens is 1. The lowest BCUT2D eigenvalue weighted by molar-refractivity contribution is -0.169. The van der Waals surface area contributed by atoms with Crippen molar-refractivity contribution in [1.82, 2.24) is 15.2 Å². The van der Waals surface area contributed by atoms with Gasteiger partial charge in [-0.15, -0.1) is 22.7 Å². The summed E-state index contributed by atoms with van der Waals surface area (Å²) in [5.41, 5.74) is -0.451. The van der Waals surface area contributed by atoms with E-state index in [2.05, 4.69) is 26.6 Å². The summed E-state index contributed by atoms with van der Waals surface area (Å²) in [7, 11) is 3.42. The fraction of sp³-hybridized carbons (Fsp3) is 0.350. The number of halogens is 1. The van der Waals surface area contributed by atoms with Gasteiger partial charge in [0.1, 0.15) is 30.3 Å². The van der Waals surface area contributed by atoms with Crippen LogP contribution in [0.1, 0.15) is 58.2 Å². The molecule has 6 rings (SSSR count). The van der Waals surface area contributed by atoms with Crippen molar-refractivity contribution in [2.24, 2.45) is 0 Å². The third-order valence-electron chi connectivity index (χ3n) is 9.97. The molecule has 0 spiro atoms. The summed E-state index contributed by atoms with van der Waals surface area (Å²) >= 11 is 2.62. The summed E-state index contributed by atoms with van der Waals surface area (Å²) in [6, 6.07) is 18.3. The molecule has 0 aliphatic heterocycles. The standard InChI is InChI=1S/C40H43N5O9S2.FH/c1-45(26-7-9-27(10-8-26)54-38(49)40(51,34-5-3-17-55-34)35-6-4-18-56-35)15-16-53-39(50)43-30-20-33(52-2)25(19-24(30)21-41)22-42-23-32(47)28-11-13-31(46)37-29(28)12-14-36(48)44-37;/h3-6,11-14,17-20,26-27,32,42,46-47,51H,7-10,15-16,22-23H2,1-2H3,(H,43,50)(H,44,48);1H/t26?,27?,32-;/m1./s1. The first-order chi connectivity index (χ1) is 27.0. The molecule has 17 heteroatoms. The topological polar surface area (TPSA) is 206 Å². The Hall–Kier alpha value is -5.35. The summed E-state index contributed by atoms with van der Waals surface area (Å²) in [6.07, 6.45) is 0.763. The maximum Gasteiger partial charge on any atom is 0.411 e. The van der Waals surface area contributed by atoms with Crippen LogP contribution in [0.25, 0.3) is 10.9 Å². The number of likely N-dealkylation sites (N-methyl/N-ethyl adjacent to an activating group) is 1. The van der Waals surface area contributed by atoms with Crippen LogP contribution in [0.5, 0.6) is 11.5 Å². The van der Waals surface area contributed by atoms with Gasteiger partial charge in [0.2, 0.25) is 11.2 Å². The number of fused-ring (bicyclic) bond motifs is 1. The lowest BCUT2D eigenvalue weighted by Gasteiger charge is -2.35. The number of phenolic OH excluding ortho intramolecular Hbond substituents is 1. The first kappa shape index (κ1) is 42.8. The monoisotopic (exact) mass is 821 g/mol. The normalized spacial score (nSPS) is 16.0. The Morgan fingerprint density at radius 1 is 1.07 bits per heavy atom. The van der Waals surface area contributed by atoms with Crippen molar-refractivity contribution in [3.63, 3.8) is 0 Å². The molecule has 1 fully saturated rings. The van der Waals surface area contributed by atoms with E-state index in [4.69, 9.17) is 14.2 Å². The van der Waals surface area contributed by atoms with E-state index >= 15 is 0 Å². The number of aliphatic hydroxyl groups is 2. The van der Waals surface area contributed by atoms with Crippen LogP contribution in [-0.4, -0.2) is 83.3 Å². The zero-order valence-electron chi connectivity index (χ0n) is 31.2. The molecular formula is C40H44FN5O9S2. The van der Waals surface area contributed by atoms with Crippen molar-refractivity contribution in [2.75, 3.05) is 39.2 Å². The number of benzene rings is 2. The van der Waals surface area contributed by atoms with Gasteiger partial charge in [0.15, 0.2) is 0 Å². The second-order valence-electron chi connectivity index (χ2n) is 13.5. The van der Waals surface area contributed by atoms with Gasteiger partial charge >= 0.3 is 12.1 Å². The molecule has 0 unspecified atom stereocenters. The van der Waals surface area contributed by atoms with Crippen LogP contribution in [0.15, 0.2) is 76.2 Å². The van der Waals surface area contributed by atoms with Crippen LogP contribution in [0.2, 0.25) is 0 Å². The molecule has 3 aromatic heterocycles. The number of esters is 1. The first-order valence-electron chi connectivity index (χ1n) is 18.0. The SMILES string of the molecule is COc1cc(NC(=O)OCCN(C)C2CCC(OC(=O)C(O)(c3cccs3)c3cccs3)CC2)c(C#N)cc1CNC[C@@H](O)c1ccc(O)c2[nH]c(=O)ccc12.F. The Labute approximate surface area is 335 Å². The molecule has 6 N–H and O–H groups in total. The molecule has 302 valence electrons. The number of nitriles is 1. The quantitative estimate of drug-likeness (QED) is 0.0726. The Balaban J connectivity index is 0.00000620. The minimum atomic E-state index is -1.84. The van der Waals surface area contributed by atoms with Crippen LogP contribution in [0.4, 0.5) is 15.2 Å². The molecule has 0 radical (unpaired) electrons. The van der Waals surface area contributed by atoms with Crippen LogP contribution >= 0.6 is 22.7 Å². The van der Waals surface area contributed by atoms with Crippen LogP contribution in [0, 0.1) is 11.3 Å². The van der Waals surface area contributed by atoms with E-state index in [-0.39, 0.29) is 64.6 Å². The van der Waals surface area contributed by atoms with E-state index < -0.39 is 23.8 Å². The van der Waals surface area contributed by atoms with Gasteiger partial charge in [-0.2, -0.15) is 5.26 Å². The number of aromatic hydroxyl groups is 1. The molecule has 0 saturated heterocycles. The van der Waals surface area contributed by atoms with E-state index in [0.29, 0.717) is 51.4 Å². The second-order valence-corrected chi connectivity index (χ2v) is 15.4. The molecule has 1 aliphatic rings. The highest BCUT2D eigenvalue weighted by atomic mass is 32.1. The minimum absolute atomic E-state index is 0. The predicted octanol–water partition coefficient (Wildman–Crippen LogP) is 5.48. The van der Waals surface area contributed by atoms with E-state index in [1.807, 2.05) is 17.8 Å². The Morgan fingerprint density at radius 2 is 1.77 bits per heavy atom. The summed E-state index contributed by atoms with van der Waals surface area (Å²) < 4.78 is 16.9. The van der Waals surface area contributed by atoms with Gasteiger partial charge in [-0.05, 0) is 79.4 Å². The largest absolute Gasteiger partial charge is 0.506 e. The van der Waals surface area contributed by atoms with Gasteiger partial charge in [-0.25, -0.2) is 9.59 Å². The highest BCUT2D eigenvalue weighted by Gasteiger charge is 2.45. The van der Waals surface area contributed by atoms with E-state index in [1.54, 1.807) is 42.5 Å². The zero-order chi connectivity index (χ0) is 39.8. The van der Waals surface area contributed by atoms with Gasteiger partial charge in [0.25, 0.3) is 0 Å². The molecule has 1 saturated carbocycles. The zero-order valence-corrected chi connectivity index (χ0v) is 32.9. The molecule has 5 aromatic rings. The van der Waals surface area contributed by atoms with Crippen molar-refractivity contribution in [3.8, 4) is 17.6 Å². The molecule has 3 heterocycles. The molecule has 2 aromatic carbocycles. The fourth-order valence-electron chi connectivity index (χ4n) is 6.89. The number of H-pyrrole nitrogens is 1. The number of methoxy groups -OCH3 is 1. The number of nitrogens with one attached hydrogen (secondary N) is 3. The van der Waals surface area contributed by atoms with Gasteiger partial charge in [0, 0.05) is 48.8 Å². The third kappa shape index (κ3) is 9.79. The van der Waals surface area contributed by atoms with Crippen LogP contribution in [0.3, 0.4) is 0 Å². The number of aromatic amines is 1. The highest BCUT2D eigenvalue weighted by molar-refractivity contribution is 7.12. The van der Waals surface area contributed by atoms with Gasteiger partial charge in [-0.1, -0.05) is 18.2 Å². The van der Waals surface area contributed by atoms with E-state index in [9.17, 15) is 35.0 Å². The van der Waals surface area contributed by atoms with Crippen molar-refractivity contribution in [3.05, 3.63) is 108 Å². The highest BCUT2D eigenvalue weighted by Crippen LogP contribution is 2.38. The predicted molar refractivity (Wildman–Crippen MR) is 214 cm³/mol. The first-order valence-corrected chi connectivity index (χ1v) is 19.8. The molecule has 1 aliphatic carbocycles. The number of rotatable bonds is 15. The molecule has 0 bridgehead atoms. The molecule has 57 heavy (non-hydrogen) atoms. The Morgan fingerprint density at radius 3 is 2.40 bits per heavy atom. The number of anilines is 1. The lowest BCUT2D eigenvalue weighted by atomic mass is 9.91. The van der Waals surface area contributed by atoms with Crippen molar-refractivity contribution >= 4 is 51.3 Å². The summed E-state index contributed by atoms with van der Waals surface area (Å²) in [5.74, 6) is -0.371. The minimum Gasteiger partial charge on any atom is -0.506 e. The summed E-state index contributed by atoms with van der Waals surface area (Å²) in [4.78, 5) is 43.6. The average Bonchev–Trinajstić information content (AvgIpc) is 3.95. The van der Waals surface area contributed by atoms with Crippen molar-refractivity contribution < 1.29 is 43.8 Å². The summed E-state index contributed by atoms with van der Waals surface area (Å²) in [5, 5.41) is 52.4. The smallest absolute Gasteiger partial charge is 0.411 e. The Bertz CT molecular complexity index is 2200. The maximum absolute atomic E-state index is 13.4. The van der Waals surface area contributed by atoms with E-state index in [0.717, 1.165) is 12.8 Å². The molecule has 1 amide bonds. The van der Waals surface area contributed by atoms with Gasteiger partial charge in [0.05, 0.1) is 39.7 Å². The summed E-state index contributed by atoms with van der Waals surface area (Å²) in [6.45, 7) is 0.884. The number of hydrogen-bond acceptors (Lipinski definition) is 14. The lowest BCUT2D eigenvalue weighted by Crippen LogP contribution is -2.42. The molecule has 1 atom stereocenters. The number of pyridine rings is 1. The number of amides is 1. The molecule has 14 nitrogen and oxygen atoms in total. The second kappa shape index (κ2) is 19.2. The van der Waals surface area contributed by atoms with Crippen LogP contribution < -0.4 is 20.9 Å². The number of ether oxygens (including phenoxy) is 3. The van der Waals surface area contributed by atoms with Crippen LogP contribution in [-0.2, 0) is 26.4 Å². The number of thiophene rings is 2. The van der Waals surface area contributed by atoms with E-state index in [1.165, 1.54) is 48.0 Å². The average molecular weight is 822 g/mol. The van der Waals surface area contributed by atoms with Gasteiger partial charge in [-0.3, -0.25) is 14.8 Å². The number of hydrogen-bond donors (Lipinski definition) is 6. The number of carbonyl (C=O) groups excluding carboxylic acids is 2. The Kier molecular flexibility index (Phi) is 14.4. The number of nitrogens with zero attached hydrogens (tertiary/aromatic N) is 2. The van der Waals surface area contributed by atoms with Crippen molar-refractivity contribution in [1.29, 1.82) is 5.26 Å². The molecular weight excluding hydrogens is 778 g/mol. The number of phenols is 1. The number of aliphatic hydroxyl groups excluding tert-OH is 1. The van der Waals surface area contributed by atoms with Crippen molar-refractivity contribution in [2.45, 2.75) is 56.1 Å². The number of carbonyl (C=O) groups is 2. The third-order valence-corrected chi connectivity index (χ3v) is 11.9. The fourth-order valence-corrected chi connectivity index (χ4v) is 8.61.